The molecule has 0 spiro atoms. The molecule has 4 aromatic rings. The number of sulfonamides is 1. The summed E-state index contributed by atoms with van der Waals surface area (Å²) in [5, 5.41) is 8.26. The number of aliphatic imine (C=N–C) groups is 1. The Kier molecular flexibility index (Phi) is 11.0. The highest BCUT2D eigenvalue weighted by molar-refractivity contribution is 7.89. The van der Waals surface area contributed by atoms with E-state index >= 15 is 0 Å². The van der Waals surface area contributed by atoms with Crippen LogP contribution in [-0.2, 0) is 14.8 Å². The molecule has 45 heavy (non-hydrogen) atoms. The maximum atomic E-state index is 13.1. The van der Waals surface area contributed by atoms with E-state index in [1.54, 1.807) is 60.7 Å². The Morgan fingerprint density at radius 3 is 2.33 bits per heavy atom. The van der Waals surface area contributed by atoms with Gasteiger partial charge in [-0.2, -0.15) is 4.99 Å². The van der Waals surface area contributed by atoms with Gasteiger partial charge >= 0.3 is 6.09 Å². The molecule has 5 N–H and O–H groups in total. The Bertz CT molecular complexity index is 1780. The predicted octanol–water partition coefficient (Wildman–Crippen LogP) is 5.68. The molecule has 0 aromatic heterocycles. The fourth-order valence-corrected chi connectivity index (χ4v) is 5.32. The van der Waals surface area contributed by atoms with E-state index in [1.807, 2.05) is 11.0 Å². The number of ether oxygens (including phenoxy) is 1. The predicted molar refractivity (Wildman–Crippen MR) is 173 cm³/mol. The van der Waals surface area contributed by atoms with Gasteiger partial charge in [0.25, 0.3) is 0 Å². The molecule has 0 fully saturated rings. The highest BCUT2D eigenvalue weighted by atomic mass is 32.2. The number of amides is 2. The van der Waals surface area contributed by atoms with Crippen LogP contribution in [0.2, 0.25) is 0 Å². The molecular formula is C33H34FN5O5S. The fourth-order valence-electron chi connectivity index (χ4n) is 4.56. The zero-order chi connectivity index (χ0) is 32.4. The largest absolute Gasteiger partial charge is 0.441 e. The summed E-state index contributed by atoms with van der Waals surface area (Å²) in [5.41, 5.74) is 8.91. The van der Waals surface area contributed by atoms with E-state index in [4.69, 9.17) is 15.6 Å². The molecular weight excluding hydrogens is 597 g/mol. The molecule has 0 saturated carbocycles. The van der Waals surface area contributed by atoms with Crippen molar-refractivity contribution in [2.75, 3.05) is 23.3 Å². The van der Waals surface area contributed by atoms with Gasteiger partial charge in [-0.25, -0.2) is 22.7 Å². The zero-order valence-corrected chi connectivity index (χ0v) is 25.5. The van der Waals surface area contributed by atoms with Crippen LogP contribution in [0.25, 0.3) is 11.1 Å². The number of hydrogen-bond acceptors (Lipinski definition) is 6. The fraction of sp³-hybridized carbons (Fsp3) is 0.182. The quantitative estimate of drug-likeness (QED) is 0.103. The monoisotopic (exact) mass is 631 g/mol. The normalized spacial score (nSPS) is 11.6. The average molecular weight is 632 g/mol. The summed E-state index contributed by atoms with van der Waals surface area (Å²) < 4.78 is 42.2. The third kappa shape index (κ3) is 9.46. The summed E-state index contributed by atoms with van der Waals surface area (Å²) >= 11 is 0. The number of unbranched alkanes of at least 4 members (excludes halogenated alkanes) is 2. The van der Waals surface area contributed by atoms with E-state index in [0.717, 1.165) is 31.4 Å². The van der Waals surface area contributed by atoms with E-state index in [-0.39, 0.29) is 28.9 Å². The van der Waals surface area contributed by atoms with Crippen LogP contribution in [0, 0.1) is 5.82 Å². The molecule has 2 amide bonds. The van der Waals surface area contributed by atoms with Gasteiger partial charge in [0.1, 0.15) is 17.4 Å². The SMILES string of the molecule is CCCCCN(CC(=O)Nc1ccc(-c2ccccc2S(N)(=O)=O)cc1)c1cccc(C(N)=NC(=O)Oc2ccc(F)cc2)c1. The number of hydrogen-bond donors (Lipinski definition) is 3. The number of nitrogens with one attached hydrogen (secondary N) is 1. The lowest BCUT2D eigenvalue weighted by atomic mass is 10.1. The van der Waals surface area contributed by atoms with Crippen molar-refractivity contribution in [1.29, 1.82) is 0 Å². The van der Waals surface area contributed by atoms with E-state index in [2.05, 4.69) is 17.2 Å². The van der Waals surface area contributed by atoms with Gasteiger partial charge in [-0.1, -0.05) is 62.2 Å². The molecule has 10 nitrogen and oxygen atoms in total. The Balaban J connectivity index is 1.47. The van der Waals surface area contributed by atoms with Crippen LogP contribution in [0.1, 0.15) is 31.7 Å². The molecule has 0 radical (unpaired) electrons. The molecule has 0 heterocycles. The second kappa shape index (κ2) is 15.1. The molecule has 0 atom stereocenters. The van der Waals surface area contributed by atoms with Crippen LogP contribution in [0.5, 0.6) is 5.75 Å². The first-order valence-electron chi connectivity index (χ1n) is 14.2. The number of nitrogens with zero attached hydrogens (tertiary/aromatic N) is 2. The van der Waals surface area contributed by atoms with Gasteiger partial charge < -0.3 is 20.7 Å². The zero-order valence-electron chi connectivity index (χ0n) is 24.6. The highest BCUT2D eigenvalue weighted by Crippen LogP contribution is 2.27. The number of nitrogens with two attached hydrogens (primary N) is 2. The smallest absolute Gasteiger partial charge is 0.409 e. The van der Waals surface area contributed by atoms with Crippen LogP contribution in [0.3, 0.4) is 0 Å². The van der Waals surface area contributed by atoms with E-state index in [1.165, 1.54) is 18.2 Å². The first kappa shape index (κ1) is 32.8. The summed E-state index contributed by atoms with van der Waals surface area (Å²) in [6, 6.07) is 25.2. The number of halogens is 1. The summed E-state index contributed by atoms with van der Waals surface area (Å²) in [4.78, 5) is 31.2. The van der Waals surface area contributed by atoms with Crippen molar-refractivity contribution in [3.63, 3.8) is 0 Å². The van der Waals surface area contributed by atoms with Crippen molar-refractivity contribution in [3.05, 3.63) is 108 Å². The van der Waals surface area contributed by atoms with Crippen molar-refractivity contribution < 1.29 is 27.1 Å². The summed E-state index contributed by atoms with van der Waals surface area (Å²) in [6.07, 6.45) is 1.86. The molecule has 0 saturated heterocycles. The second-order valence-corrected chi connectivity index (χ2v) is 11.7. The maximum Gasteiger partial charge on any atom is 0.441 e. The van der Waals surface area contributed by atoms with Crippen LogP contribution >= 0.6 is 0 Å². The minimum absolute atomic E-state index is 0.0159. The number of primary sulfonamides is 1. The van der Waals surface area contributed by atoms with Crippen molar-refractivity contribution in [2.45, 2.75) is 31.1 Å². The maximum absolute atomic E-state index is 13.1. The first-order valence-corrected chi connectivity index (χ1v) is 15.8. The summed E-state index contributed by atoms with van der Waals surface area (Å²) in [5.74, 6) is -0.679. The third-order valence-corrected chi connectivity index (χ3v) is 7.75. The topological polar surface area (TPSA) is 157 Å². The number of rotatable bonds is 12. The lowest BCUT2D eigenvalue weighted by molar-refractivity contribution is -0.115. The Labute approximate surface area is 261 Å². The summed E-state index contributed by atoms with van der Waals surface area (Å²) in [7, 11) is -3.91. The highest BCUT2D eigenvalue weighted by Gasteiger charge is 2.16. The molecule has 0 bridgehead atoms. The molecule has 234 valence electrons. The number of benzene rings is 4. The van der Waals surface area contributed by atoms with Crippen LogP contribution < -0.4 is 25.8 Å². The van der Waals surface area contributed by atoms with E-state index < -0.39 is 21.9 Å². The van der Waals surface area contributed by atoms with Gasteiger partial charge in [-0.15, -0.1) is 0 Å². The number of carbonyl (C=O) groups is 2. The van der Waals surface area contributed by atoms with Gasteiger partial charge in [0.15, 0.2) is 0 Å². The van der Waals surface area contributed by atoms with Crippen LogP contribution in [0.4, 0.5) is 20.6 Å². The Hall–Kier alpha value is -5.07. The lowest BCUT2D eigenvalue weighted by Crippen LogP contribution is -2.34. The van der Waals surface area contributed by atoms with E-state index in [0.29, 0.717) is 34.6 Å². The average Bonchev–Trinajstić information content (AvgIpc) is 3.02. The minimum atomic E-state index is -3.91. The Morgan fingerprint density at radius 1 is 0.933 bits per heavy atom. The molecule has 0 aliphatic heterocycles. The van der Waals surface area contributed by atoms with Gasteiger partial charge in [0, 0.05) is 29.0 Å². The Morgan fingerprint density at radius 2 is 1.64 bits per heavy atom. The molecule has 4 aromatic carbocycles. The van der Waals surface area contributed by atoms with Gasteiger partial charge in [-0.05, 0) is 66.6 Å². The lowest BCUT2D eigenvalue weighted by Gasteiger charge is -2.25. The van der Waals surface area contributed by atoms with Crippen molar-refractivity contribution in [1.82, 2.24) is 0 Å². The molecule has 0 aliphatic rings. The van der Waals surface area contributed by atoms with E-state index in [9.17, 15) is 22.4 Å². The van der Waals surface area contributed by atoms with Gasteiger partial charge in [0.05, 0.1) is 11.4 Å². The minimum Gasteiger partial charge on any atom is -0.409 e. The van der Waals surface area contributed by atoms with Crippen molar-refractivity contribution in [2.24, 2.45) is 15.9 Å². The number of amidine groups is 1. The van der Waals surface area contributed by atoms with Gasteiger partial charge in [0.2, 0.25) is 15.9 Å². The third-order valence-electron chi connectivity index (χ3n) is 6.78. The van der Waals surface area contributed by atoms with Crippen molar-refractivity contribution in [3.8, 4) is 16.9 Å². The molecule has 4 rings (SSSR count). The summed E-state index contributed by atoms with van der Waals surface area (Å²) in [6.45, 7) is 2.72. The number of carbonyl (C=O) groups excluding carboxylic acids is 2. The van der Waals surface area contributed by atoms with Crippen LogP contribution in [0.15, 0.2) is 107 Å². The second-order valence-electron chi connectivity index (χ2n) is 10.2. The van der Waals surface area contributed by atoms with Gasteiger partial charge in [-0.3, -0.25) is 4.79 Å². The molecule has 12 heteroatoms. The number of anilines is 2. The first-order chi connectivity index (χ1) is 21.5. The van der Waals surface area contributed by atoms with Crippen molar-refractivity contribution >= 4 is 39.2 Å². The molecule has 0 aliphatic carbocycles. The van der Waals surface area contributed by atoms with Crippen LogP contribution in [-0.4, -0.2) is 39.3 Å². The molecule has 0 unspecified atom stereocenters. The standard InChI is InChI=1S/C33H34FN5O5S/c1-2-3-6-20-39(27-9-7-8-24(21-27)32(35)38-33(41)44-28-18-14-25(34)15-19-28)22-31(40)37-26-16-12-23(13-17-26)29-10-4-5-11-30(29)45(36,42)43/h4-5,7-19,21H,2-3,6,20,22H2,1H3,(H,37,40)(H2,35,38,41)(H2,36,42,43).